The topological polar surface area (TPSA) is 65.5 Å². The second-order valence-corrected chi connectivity index (χ2v) is 5.43. The SMILES string of the molecule is CNC(=O)[C@H]1CN(C(=O)c2ccccn2)CCN1C(C)C. The summed E-state index contributed by atoms with van der Waals surface area (Å²) in [4.78, 5) is 32.5. The van der Waals surface area contributed by atoms with Crippen LogP contribution in [0.2, 0.25) is 0 Å². The third-order valence-electron chi connectivity index (χ3n) is 3.81. The van der Waals surface area contributed by atoms with E-state index in [1.165, 1.54) is 0 Å². The van der Waals surface area contributed by atoms with Crippen molar-refractivity contribution in [2.45, 2.75) is 25.9 Å². The highest BCUT2D eigenvalue weighted by Crippen LogP contribution is 2.15. The minimum atomic E-state index is -0.309. The molecule has 2 rings (SSSR count). The third kappa shape index (κ3) is 3.39. The van der Waals surface area contributed by atoms with Crippen molar-refractivity contribution < 1.29 is 9.59 Å². The van der Waals surface area contributed by atoms with Crippen molar-refractivity contribution in [1.82, 2.24) is 20.1 Å². The van der Waals surface area contributed by atoms with Crippen LogP contribution in [0.1, 0.15) is 24.3 Å². The molecule has 0 saturated carbocycles. The van der Waals surface area contributed by atoms with Crippen LogP contribution in [0.15, 0.2) is 24.4 Å². The van der Waals surface area contributed by atoms with Crippen molar-refractivity contribution >= 4 is 11.8 Å². The minimum Gasteiger partial charge on any atom is -0.358 e. The number of piperazine rings is 1. The number of rotatable bonds is 3. The van der Waals surface area contributed by atoms with Crippen LogP contribution in [0.4, 0.5) is 0 Å². The quantitative estimate of drug-likeness (QED) is 0.873. The molecule has 1 aromatic rings. The highest BCUT2D eigenvalue weighted by atomic mass is 16.2. The van der Waals surface area contributed by atoms with E-state index in [1.54, 1.807) is 36.3 Å². The molecule has 1 N–H and O–H groups in total. The fraction of sp³-hybridized carbons (Fsp3) is 0.533. The van der Waals surface area contributed by atoms with Gasteiger partial charge in [-0.2, -0.15) is 0 Å². The molecule has 6 heteroatoms. The Bertz CT molecular complexity index is 504. The lowest BCUT2D eigenvalue weighted by molar-refractivity contribution is -0.128. The van der Waals surface area contributed by atoms with Gasteiger partial charge in [0.25, 0.3) is 5.91 Å². The van der Waals surface area contributed by atoms with E-state index in [1.807, 2.05) is 0 Å². The maximum atomic E-state index is 12.4. The monoisotopic (exact) mass is 290 g/mol. The Morgan fingerprint density at radius 1 is 1.33 bits per heavy atom. The van der Waals surface area contributed by atoms with Gasteiger partial charge in [-0.1, -0.05) is 6.07 Å². The Balaban J connectivity index is 2.14. The summed E-state index contributed by atoms with van der Waals surface area (Å²) in [7, 11) is 1.63. The summed E-state index contributed by atoms with van der Waals surface area (Å²) in [5.74, 6) is -0.171. The lowest BCUT2D eigenvalue weighted by atomic mass is 10.1. The number of likely N-dealkylation sites (N-methyl/N-ethyl adjacent to an activating group) is 1. The molecule has 0 spiro atoms. The highest BCUT2D eigenvalue weighted by Gasteiger charge is 2.35. The van der Waals surface area contributed by atoms with Gasteiger partial charge < -0.3 is 10.2 Å². The first-order chi connectivity index (χ1) is 10.0. The normalized spacial score (nSPS) is 19.6. The van der Waals surface area contributed by atoms with Crippen LogP contribution < -0.4 is 5.32 Å². The predicted octanol–water partition coefficient (Wildman–Crippen LogP) is 0.362. The molecule has 1 fully saturated rings. The number of hydrogen-bond donors (Lipinski definition) is 1. The van der Waals surface area contributed by atoms with E-state index in [0.717, 1.165) is 0 Å². The molecule has 1 atom stereocenters. The van der Waals surface area contributed by atoms with E-state index in [2.05, 4.69) is 29.0 Å². The second-order valence-electron chi connectivity index (χ2n) is 5.43. The second kappa shape index (κ2) is 6.67. The van der Waals surface area contributed by atoms with Gasteiger partial charge in [-0.15, -0.1) is 0 Å². The molecular formula is C15H22N4O2. The van der Waals surface area contributed by atoms with Crippen molar-refractivity contribution in [1.29, 1.82) is 0 Å². The van der Waals surface area contributed by atoms with Gasteiger partial charge in [0.2, 0.25) is 5.91 Å². The number of carbonyl (C=O) groups is 2. The zero-order chi connectivity index (χ0) is 15.4. The van der Waals surface area contributed by atoms with Gasteiger partial charge in [0.15, 0.2) is 0 Å². The smallest absolute Gasteiger partial charge is 0.272 e. The van der Waals surface area contributed by atoms with Gasteiger partial charge in [0, 0.05) is 38.9 Å². The van der Waals surface area contributed by atoms with Gasteiger partial charge in [-0.05, 0) is 26.0 Å². The van der Waals surface area contributed by atoms with Crippen LogP contribution in [0, 0.1) is 0 Å². The summed E-state index contributed by atoms with van der Waals surface area (Å²) >= 11 is 0. The van der Waals surface area contributed by atoms with E-state index in [0.29, 0.717) is 25.3 Å². The molecule has 0 radical (unpaired) electrons. The van der Waals surface area contributed by atoms with Gasteiger partial charge in [-0.3, -0.25) is 19.5 Å². The van der Waals surface area contributed by atoms with Gasteiger partial charge in [0.1, 0.15) is 11.7 Å². The maximum Gasteiger partial charge on any atom is 0.272 e. The molecule has 1 saturated heterocycles. The van der Waals surface area contributed by atoms with E-state index in [4.69, 9.17) is 0 Å². The lowest BCUT2D eigenvalue weighted by Crippen LogP contribution is -2.61. The molecule has 21 heavy (non-hydrogen) atoms. The maximum absolute atomic E-state index is 12.4. The summed E-state index contributed by atoms with van der Waals surface area (Å²) in [6.07, 6.45) is 1.60. The first-order valence-electron chi connectivity index (χ1n) is 7.22. The molecule has 0 unspecified atom stereocenters. The number of nitrogens with zero attached hydrogens (tertiary/aromatic N) is 3. The molecule has 0 aromatic carbocycles. The largest absolute Gasteiger partial charge is 0.358 e. The fourth-order valence-corrected chi connectivity index (χ4v) is 2.65. The number of nitrogens with one attached hydrogen (secondary N) is 1. The van der Waals surface area contributed by atoms with E-state index in [-0.39, 0.29) is 23.9 Å². The summed E-state index contributed by atoms with van der Waals surface area (Å²) in [5, 5.41) is 2.68. The van der Waals surface area contributed by atoms with E-state index >= 15 is 0 Å². The predicted molar refractivity (Wildman–Crippen MR) is 79.8 cm³/mol. The molecule has 0 bridgehead atoms. The number of pyridine rings is 1. The Morgan fingerprint density at radius 2 is 2.10 bits per heavy atom. The van der Waals surface area contributed by atoms with Gasteiger partial charge in [0.05, 0.1) is 0 Å². The molecule has 2 heterocycles. The Kier molecular flexibility index (Phi) is 4.90. The summed E-state index contributed by atoms with van der Waals surface area (Å²) in [6.45, 7) is 5.82. The number of aromatic nitrogens is 1. The van der Waals surface area contributed by atoms with Crippen molar-refractivity contribution in [3.63, 3.8) is 0 Å². The van der Waals surface area contributed by atoms with Crippen LogP contribution in [0.5, 0.6) is 0 Å². The third-order valence-corrected chi connectivity index (χ3v) is 3.81. The van der Waals surface area contributed by atoms with E-state index in [9.17, 15) is 9.59 Å². The molecule has 114 valence electrons. The fourth-order valence-electron chi connectivity index (χ4n) is 2.65. The average molecular weight is 290 g/mol. The summed E-state index contributed by atoms with van der Waals surface area (Å²) < 4.78 is 0. The molecule has 2 amide bonds. The van der Waals surface area contributed by atoms with Crippen LogP contribution in [-0.2, 0) is 4.79 Å². The zero-order valence-electron chi connectivity index (χ0n) is 12.7. The number of hydrogen-bond acceptors (Lipinski definition) is 4. The average Bonchev–Trinajstić information content (AvgIpc) is 2.53. The number of carbonyl (C=O) groups excluding carboxylic acids is 2. The summed E-state index contributed by atoms with van der Waals surface area (Å²) in [6, 6.07) is 5.23. The molecule has 1 aromatic heterocycles. The molecule has 6 nitrogen and oxygen atoms in total. The molecular weight excluding hydrogens is 268 g/mol. The first-order valence-corrected chi connectivity index (χ1v) is 7.22. The van der Waals surface area contributed by atoms with Crippen LogP contribution in [0.25, 0.3) is 0 Å². The van der Waals surface area contributed by atoms with E-state index < -0.39 is 0 Å². The Morgan fingerprint density at radius 3 is 2.67 bits per heavy atom. The molecule has 0 aliphatic carbocycles. The number of amides is 2. The zero-order valence-corrected chi connectivity index (χ0v) is 12.7. The van der Waals surface area contributed by atoms with Crippen LogP contribution >= 0.6 is 0 Å². The first kappa shape index (κ1) is 15.4. The Hall–Kier alpha value is -1.95. The van der Waals surface area contributed by atoms with Gasteiger partial charge in [-0.25, -0.2) is 0 Å². The molecule has 1 aliphatic heterocycles. The lowest BCUT2D eigenvalue weighted by Gasteiger charge is -2.42. The van der Waals surface area contributed by atoms with Crippen molar-refractivity contribution in [3.05, 3.63) is 30.1 Å². The van der Waals surface area contributed by atoms with Crippen LogP contribution in [-0.4, -0.2) is 65.4 Å². The van der Waals surface area contributed by atoms with Crippen molar-refractivity contribution in [3.8, 4) is 0 Å². The molecule has 1 aliphatic rings. The highest BCUT2D eigenvalue weighted by molar-refractivity contribution is 5.93. The summed E-state index contributed by atoms with van der Waals surface area (Å²) in [5.41, 5.74) is 0.422. The van der Waals surface area contributed by atoms with Gasteiger partial charge >= 0.3 is 0 Å². The Labute approximate surface area is 125 Å². The van der Waals surface area contributed by atoms with Crippen LogP contribution in [0.3, 0.4) is 0 Å². The van der Waals surface area contributed by atoms with Crippen molar-refractivity contribution in [2.24, 2.45) is 0 Å². The minimum absolute atomic E-state index is 0.0535. The van der Waals surface area contributed by atoms with Crippen molar-refractivity contribution in [2.75, 3.05) is 26.7 Å². The standard InChI is InChI=1S/C15H22N4O2/c1-11(2)19-9-8-18(10-13(19)14(20)16-3)15(21)12-6-4-5-7-17-12/h4-7,11,13H,8-10H2,1-3H3,(H,16,20)/t13-/m1/s1.